The molecule has 0 spiro atoms. The summed E-state index contributed by atoms with van der Waals surface area (Å²) in [6.07, 6.45) is 0. The Bertz CT molecular complexity index is 350. The van der Waals surface area contributed by atoms with E-state index in [4.69, 9.17) is 10.5 Å². The average Bonchev–Trinajstić information content (AvgIpc) is 2.27. The van der Waals surface area contributed by atoms with Crippen LogP contribution in [0.1, 0.15) is 19.4 Å². The van der Waals surface area contributed by atoms with Crippen LogP contribution in [0, 0.1) is 12.3 Å². The summed E-state index contributed by atoms with van der Waals surface area (Å²) in [5.41, 5.74) is 7.08. The van der Waals surface area contributed by atoms with Crippen LogP contribution in [0.15, 0.2) is 23.1 Å². The monoisotopic (exact) mass is 239 g/mol. The molecular weight excluding hydrogens is 218 g/mol. The van der Waals surface area contributed by atoms with Gasteiger partial charge in [0.15, 0.2) is 0 Å². The molecule has 16 heavy (non-hydrogen) atoms. The highest BCUT2D eigenvalue weighted by Crippen LogP contribution is 2.29. The van der Waals surface area contributed by atoms with Gasteiger partial charge in [0.1, 0.15) is 5.75 Å². The summed E-state index contributed by atoms with van der Waals surface area (Å²) in [5.74, 6) is 1.98. The summed E-state index contributed by atoms with van der Waals surface area (Å²) >= 11 is 1.85. The van der Waals surface area contributed by atoms with E-state index >= 15 is 0 Å². The molecule has 0 amide bonds. The van der Waals surface area contributed by atoms with Crippen LogP contribution < -0.4 is 10.5 Å². The molecule has 3 heteroatoms. The lowest BCUT2D eigenvalue weighted by atomic mass is 9.97. The molecule has 0 fully saturated rings. The predicted molar refractivity (Wildman–Crippen MR) is 71.3 cm³/mol. The highest BCUT2D eigenvalue weighted by atomic mass is 32.2. The van der Waals surface area contributed by atoms with E-state index in [2.05, 4.69) is 32.9 Å². The minimum absolute atomic E-state index is 0.193. The van der Waals surface area contributed by atoms with Gasteiger partial charge in [0, 0.05) is 10.6 Å². The van der Waals surface area contributed by atoms with Gasteiger partial charge in [0.2, 0.25) is 0 Å². The van der Waals surface area contributed by atoms with Gasteiger partial charge >= 0.3 is 0 Å². The molecule has 0 saturated heterocycles. The lowest BCUT2D eigenvalue weighted by Crippen LogP contribution is -2.25. The highest BCUT2D eigenvalue weighted by Gasteiger charge is 2.15. The smallest absolute Gasteiger partial charge is 0.121 e. The van der Waals surface area contributed by atoms with Crippen molar-refractivity contribution in [3.05, 3.63) is 23.8 Å². The Morgan fingerprint density at radius 1 is 1.38 bits per heavy atom. The Balaban J connectivity index is 2.65. The fraction of sp³-hybridized carbons (Fsp3) is 0.538. The quantitative estimate of drug-likeness (QED) is 0.802. The zero-order valence-corrected chi connectivity index (χ0v) is 11.4. The number of ether oxygens (including phenoxy) is 1. The summed E-state index contributed by atoms with van der Waals surface area (Å²) < 4.78 is 5.24. The van der Waals surface area contributed by atoms with Gasteiger partial charge in [-0.15, -0.1) is 11.8 Å². The summed E-state index contributed by atoms with van der Waals surface area (Å²) in [5, 5.41) is 0. The van der Waals surface area contributed by atoms with E-state index in [1.807, 2.05) is 17.8 Å². The predicted octanol–water partition coefficient (Wildman–Crippen LogP) is 3.08. The molecule has 1 rings (SSSR count). The molecule has 0 bridgehead atoms. The lowest BCUT2D eigenvalue weighted by molar-refractivity contribution is 0.411. The van der Waals surface area contributed by atoms with Gasteiger partial charge in [-0.3, -0.25) is 0 Å². The van der Waals surface area contributed by atoms with Crippen molar-refractivity contribution in [3.63, 3.8) is 0 Å². The topological polar surface area (TPSA) is 35.2 Å². The van der Waals surface area contributed by atoms with Crippen LogP contribution in [0.25, 0.3) is 0 Å². The largest absolute Gasteiger partial charge is 0.496 e. The zero-order valence-electron chi connectivity index (χ0n) is 10.5. The van der Waals surface area contributed by atoms with Gasteiger partial charge in [-0.2, -0.15) is 0 Å². The molecule has 0 saturated carbocycles. The maximum absolute atomic E-state index is 5.71. The standard InChI is InChI=1S/C13H21NOS/c1-10-7-11(5-6-12(10)15-4)16-9-13(2,3)8-14/h5-7H,8-9,14H2,1-4H3. The van der Waals surface area contributed by atoms with Gasteiger partial charge in [-0.1, -0.05) is 13.8 Å². The van der Waals surface area contributed by atoms with Crippen LogP contribution in [-0.2, 0) is 0 Å². The molecule has 0 unspecified atom stereocenters. The van der Waals surface area contributed by atoms with Crippen molar-refractivity contribution in [3.8, 4) is 5.75 Å². The van der Waals surface area contributed by atoms with Gasteiger partial charge in [-0.05, 0) is 42.6 Å². The number of thioether (sulfide) groups is 1. The fourth-order valence-corrected chi connectivity index (χ4v) is 2.38. The Hall–Kier alpha value is -0.670. The van der Waals surface area contributed by atoms with Crippen LogP contribution in [0.5, 0.6) is 5.75 Å². The van der Waals surface area contributed by atoms with Crippen molar-refractivity contribution < 1.29 is 4.74 Å². The number of aryl methyl sites for hydroxylation is 1. The molecule has 0 atom stereocenters. The number of hydrogen-bond donors (Lipinski definition) is 1. The number of nitrogens with two attached hydrogens (primary N) is 1. The number of rotatable bonds is 5. The molecule has 0 aliphatic heterocycles. The SMILES string of the molecule is COc1ccc(SCC(C)(C)CN)cc1C. The normalized spacial score (nSPS) is 11.6. The molecule has 2 N–H and O–H groups in total. The van der Waals surface area contributed by atoms with Crippen LogP contribution in [-0.4, -0.2) is 19.4 Å². The van der Waals surface area contributed by atoms with Crippen molar-refractivity contribution in [2.75, 3.05) is 19.4 Å². The first-order valence-corrected chi connectivity index (χ1v) is 6.44. The Morgan fingerprint density at radius 3 is 2.56 bits per heavy atom. The van der Waals surface area contributed by atoms with Gasteiger partial charge < -0.3 is 10.5 Å². The van der Waals surface area contributed by atoms with E-state index in [-0.39, 0.29) is 5.41 Å². The first-order valence-electron chi connectivity index (χ1n) is 5.46. The third-order valence-corrected chi connectivity index (χ3v) is 4.06. The van der Waals surface area contributed by atoms with E-state index in [1.54, 1.807) is 7.11 Å². The molecule has 0 heterocycles. The number of benzene rings is 1. The van der Waals surface area contributed by atoms with Crippen LogP contribution >= 0.6 is 11.8 Å². The molecule has 90 valence electrons. The summed E-state index contributed by atoms with van der Waals surface area (Å²) in [7, 11) is 1.70. The third-order valence-electron chi connectivity index (χ3n) is 2.55. The molecule has 2 nitrogen and oxygen atoms in total. The molecule has 0 aliphatic rings. The average molecular weight is 239 g/mol. The lowest BCUT2D eigenvalue weighted by Gasteiger charge is -2.21. The number of methoxy groups -OCH3 is 1. The molecule has 1 aromatic carbocycles. The van der Waals surface area contributed by atoms with Crippen molar-refractivity contribution in [1.29, 1.82) is 0 Å². The summed E-state index contributed by atoms with van der Waals surface area (Å²) in [4.78, 5) is 1.28. The van der Waals surface area contributed by atoms with Gasteiger partial charge in [0.05, 0.1) is 7.11 Å². The van der Waals surface area contributed by atoms with Crippen molar-refractivity contribution in [2.45, 2.75) is 25.7 Å². The van der Waals surface area contributed by atoms with Gasteiger partial charge in [-0.25, -0.2) is 0 Å². The van der Waals surface area contributed by atoms with E-state index in [1.165, 1.54) is 10.5 Å². The van der Waals surface area contributed by atoms with Crippen LogP contribution in [0.3, 0.4) is 0 Å². The Labute approximate surface area is 103 Å². The highest BCUT2D eigenvalue weighted by molar-refractivity contribution is 7.99. The van der Waals surface area contributed by atoms with Crippen LogP contribution in [0.4, 0.5) is 0 Å². The van der Waals surface area contributed by atoms with E-state index in [9.17, 15) is 0 Å². The Morgan fingerprint density at radius 2 is 2.06 bits per heavy atom. The summed E-state index contributed by atoms with van der Waals surface area (Å²) in [6.45, 7) is 7.17. The third kappa shape index (κ3) is 3.72. The second-order valence-corrected chi connectivity index (χ2v) is 5.84. The molecule has 0 radical (unpaired) electrons. The van der Waals surface area contributed by atoms with Crippen molar-refractivity contribution in [1.82, 2.24) is 0 Å². The zero-order chi connectivity index (χ0) is 12.2. The molecule has 0 aromatic heterocycles. The second-order valence-electron chi connectivity index (χ2n) is 4.79. The minimum Gasteiger partial charge on any atom is -0.496 e. The van der Waals surface area contributed by atoms with E-state index < -0.39 is 0 Å². The number of hydrogen-bond acceptors (Lipinski definition) is 3. The molecular formula is C13H21NOS. The van der Waals surface area contributed by atoms with E-state index in [0.29, 0.717) is 0 Å². The molecule has 0 aliphatic carbocycles. The maximum atomic E-state index is 5.71. The fourth-order valence-electron chi connectivity index (χ4n) is 1.28. The van der Waals surface area contributed by atoms with Crippen LogP contribution in [0.2, 0.25) is 0 Å². The summed E-state index contributed by atoms with van der Waals surface area (Å²) in [6, 6.07) is 6.28. The minimum atomic E-state index is 0.193. The molecule has 1 aromatic rings. The second kappa shape index (κ2) is 5.60. The maximum Gasteiger partial charge on any atom is 0.121 e. The first-order chi connectivity index (χ1) is 7.48. The van der Waals surface area contributed by atoms with Crippen molar-refractivity contribution in [2.24, 2.45) is 11.1 Å². The van der Waals surface area contributed by atoms with E-state index in [0.717, 1.165) is 18.0 Å². The van der Waals surface area contributed by atoms with Crippen molar-refractivity contribution >= 4 is 11.8 Å². The first kappa shape index (κ1) is 13.4. The Kier molecular flexibility index (Phi) is 4.69. The van der Waals surface area contributed by atoms with Gasteiger partial charge in [0.25, 0.3) is 0 Å².